The molecule has 0 saturated carbocycles. The molecule has 4 heteroatoms. The molecule has 0 radical (unpaired) electrons. The van der Waals surface area contributed by atoms with E-state index in [9.17, 15) is 4.39 Å². The number of methoxy groups -OCH3 is 2. The van der Waals surface area contributed by atoms with Crippen molar-refractivity contribution in [1.82, 2.24) is 0 Å². The molecular weight excluding hydrogens is 391 g/mol. The maximum Gasteiger partial charge on any atom is 0.285 e. The molecule has 0 saturated heterocycles. The fraction of sp³-hybridized carbons (Fsp3) is 0.778. The lowest BCUT2D eigenvalue weighted by Gasteiger charge is -2.39. The second kappa shape index (κ2) is 16.6. The van der Waals surface area contributed by atoms with E-state index in [4.69, 9.17) is 14.2 Å². The molecule has 3 nitrogen and oxygen atoms in total. The Kier molecular flexibility index (Phi) is 15.1. The monoisotopic (exact) mass is 438 g/mol. The van der Waals surface area contributed by atoms with Crippen molar-refractivity contribution in [2.45, 2.75) is 116 Å². The van der Waals surface area contributed by atoms with Crippen LogP contribution in [0.15, 0.2) is 24.3 Å². The summed E-state index contributed by atoms with van der Waals surface area (Å²) in [6.07, 6.45) is 15.3. The van der Waals surface area contributed by atoms with E-state index in [-0.39, 0.29) is 17.8 Å². The van der Waals surface area contributed by atoms with E-state index in [0.717, 1.165) is 50.5 Å². The number of ether oxygens (including phenoxy) is 3. The average molecular weight is 439 g/mol. The van der Waals surface area contributed by atoms with Crippen LogP contribution in [-0.4, -0.2) is 26.3 Å². The molecule has 180 valence electrons. The molecule has 0 N–H and O–H groups in total. The Morgan fingerprint density at radius 2 is 1.42 bits per heavy atom. The molecule has 31 heavy (non-hydrogen) atoms. The van der Waals surface area contributed by atoms with Crippen LogP contribution in [0.1, 0.15) is 103 Å². The highest BCUT2D eigenvalue weighted by molar-refractivity contribution is 5.16. The first-order valence-corrected chi connectivity index (χ1v) is 12.5. The Hall–Kier alpha value is -0.970. The van der Waals surface area contributed by atoms with Crippen molar-refractivity contribution in [1.29, 1.82) is 0 Å². The first kappa shape index (κ1) is 28.1. The molecule has 1 aromatic carbocycles. The van der Waals surface area contributed by atoms with Crippen LogP contribution in [0.4, 0.5) is 4.39 Å². The number of halogens is 1. The van der Waals surface area contributed by atoms with Crippen LogP contribution >= 0.6 is 0 Å². The molecule has 0 heterocycles. The standard InChI is InChI=1S/C27H47FO3/c1-6-7-8-9-10-14-19-25(27(29-4,30-5)31-23(2)3)20-15-12-11-13-17-24-18-16-21-26(28)22-24/h16,18,21-23,25H,6-15,17,19-20H2,1-5H3. The Bertz CT molecular complexity index is 557. The van der Waals surface area contributed by atoms with Gasteiger partial charge < -0.3 is 14.2 Å². The van der Waals surface area contributed by atoms with Crippen LogP contribution in [0.2, 0.25) is 0 Å². The molecule has 0 aliphatic carbocycles. The van der Waals surface area contributed by atoms with Crippen LogP contribution in [0.3, 0.4) is 0 Å². The Labute approximate surface area is 191 Å². The number of aryl methyl sites for hydroxylation is 1. The van der Waals surface area contributed by atoms with Crippen molar-refractivity contribution in [3.63, 3.8) is 0 Å². The molecule has 0 aliphatic rings. The van der Waals surface area contributed by atoms with Crippen molar-refractivity contribution < 1.29 is 18.6 Å². The summed E-state index contributed by atoms with van der Waals surface area (Å²) in [7, 11) is 3.39. The lowest BCUT2D eigenvalue weighted by Crippen LogP contribution is -2.46. The van der Waals surface area contributed by atoms with Crippen molar-refractivity contribution in [3.8, 4) is 0 Å². The molecule has 1 atom stereocenters. The first-order chi connectivity index (χ1) is 15.0. The molecular formula is C27H47FO3. The SMILES string of the molecule is CCCCCCCCC(CCCCCCc1cccc(F)c1)C(OC)(OC)OC(C)C. The predicted molar refractivity (Wildman–Crippen MR) is 128 cm³/mol. The number of hydrogen-bond acceptors (Lipinski definition) is 3. The molecule has 0 bridgehead atoms. The summed E-state index contributed by atoms with van der Waals surface area (Å²) in [5, 5.41) is 0. The van der Waals surface area contributed by atoms with E-state index in [1.165, 1.54) is 44.6 Å². The normalized spacial score (nSPS) is 13.1. The van der Waals surface area contributed by atoms with Gasteiger partial charge in [0.2, 0.25) is 0 Å². The molecule has 0 aliphatic heterocycles. The number of hydrogen-bond donors (Lipinski definition) is 0. The van der Waals surface area contributed by atoms with Gasteiger partial charge in [-0.1, -0.05) is 76.8 Å². The zero-order valence-electron chi connectivity index (χ0n) is 20.8. The Morgan fingerprint density at radius 3 is 1.97 bits per heavy atom. The van der Waals surface area contributed by atoms with Gasteiger partial charge in [0.15, 0.2) is 0 Å². The average Bonchev–Trinajstić information content (AvgIpc) is 2.75. The Morgan fingerprint density at radius 1 is 0.839 bits per heavy atom. The maximum absolute atomic E-state index is 13.3. The zero-order chi connectivity index (χ0) is 23.0. The fourth-order valence-corrected chi connectivity index (χ4v) is 4.37. The maximum atomic E-state index is 13.3. The molecule has 0 amide bonds. The van der Waals surface area contributed by atoms with Gasteiger partial charge in [0.05, 0.1) is 6.10 Å². The van der Waals surface area contributed by atoms with E-state index >= 15 is 0 Å². The van der Waals surface area contributed by atoms with Crippen molar-refractivity contribution in [2.75, 3.05) is 14.2 Å². The predicted octanol–water partition coefficient (Wildman–Crippen LogP) is 8.06. The molecule has 1 unspecified atom stereocenters. The van der Waals surface area contributed by atoms with Gasteiger partial charge in [0.1, 0.15) is 5.82 Å². The van der Waals surface area contributed by atoms with Crippen molar-refractivity contribution in [2.24, 2.45) is 5.92 Å². The van der Waals surface area contributed by atoms with Gasteiger partial charge in [0.25, 0.3) is 5.97 Å². The minimum atomic E-state index is -0.959. The molecule has 0 spiro atoms. The first-order valence-electron chi connectivity index (χ1n) is 12.5. The van der Waals surface area contributed by atoms with Gasteiger partial charge >= 0.3 is 0 Å². The highest BCUT2D eigenvalue weighted by atomic mass is 19.1. The smallest absolute Gasteiger partial charge is 0.285 e. The lowest BCUT2D eigenvalue weighted by molar-refractivity contribution is -0.399. The summed E-state index contributed by atoms with van der Waals surface area (Å²) in [5.41, 5.74) is 1.09. The summed E-state index contributed by atoms with van der Waals surface area (Å²) in [6.45, 7) is 6.31. The summed E-state index contributed by atoms with van der Waals surface area (Å²) in [6, 6.07) is 6.95. The number of benzene rings is 1. The van der Waals surface area contributed by atoms with Crippen LogP contribution in [0, 0.1) is 11.7 Å². The summed E-state index contributed by atoms with van der Waals surface area (Å²) < 4.78 is 31.1. The second-order valence-corrected chi connectivity index (χ2v) is 9.01. The minimum Gasteiger partial charge on any atom is -0.331 e. The quantitative estimate of drug-likeness (QED) is 0.161. The second-order valence-electron chi connectivity index (χ2n) is 9.01. The molecule has 0 fully saturated rings. The summed E-state index contributed by atoms with van der Waals surface area (Å²) >= 11 is 0. The van der Waals surface area contributed by atoms with Gasteiger partial charge in [-0.05, 0) is 57.2 Å². The largest absolute Gasteiger partial charge is 0.331 e. The summed E-state index contributed by atoms with van der Waals surface area (Å²) in [5.74, 6) is -0.881. The van der Waals surface area contributed by atoms with E-state index < -0.39 is 5.97 Å². The van der Waals surface area contributed by atoms with Gasteiger partial charge in [-0.25, -0.2) is 4.39 Å². The third-order valence-electron chi connectivity index (χ3n) is 6.03. The van der Waals surface area contributed by atoms with E-state index in [2.05, 4.69) is 6.92 Å². The fourth-order valence-electron chi connectivity index (χ4n) is 4.37. The minimum absolute atomic E-state index is 0.0400. The van der Waals surface area contributed by atoms with E-state index in [1.807, 2.05) is 19.9 Å². The topological polar surface area (TPSA) is 27.7 Å². The van der Waals surface area contributed by atoms with Gasteiger partial charge in [-0.3, -0.25) is 0 Å². The van der Waals surface area contributed by atoms with E-state index in [1.54, 1.807) is 26.4 Å². The molecule has 0 aromatic heterocycles. The third-order valence-corrected chi connectivity index (χ3v) is 6.03. The van der Waals surface area contributed by atoms with Gasteiger partial charge in [0, 0.05) is 20.1 Å². The zero-order valence-corrected chi connectivity index (χ0v) is 20.8. The lowest BCUT2D eigenvalue weighted by atomic mass is 9.91. The van der Waals surface area contributed by atoms with Crippen LogP contribution in [0.25, 0.3) is 0 Å². The van der Waals surface area contributed by atoms with Crippen LogP contribution < -0.4 is 0 Å². The van der Waals surface area contributed by atoms with E-state index in [0.29, 0.717) is 0 Å². The van der Waals surface area contributed by atoms with Crippen molar-refractivity contribution >= 4 is 0 Å². The van der Waals surface area contributed by atoms with Gasteiger partial charge in [-0.2, -0.15) is 0 Å². The summed E-state index contributed by atoms with van der Waals surface area (Å²) in [4.78, 5) is 0. The third kappa shape index (κ3) is 11.5. The highest BCUT2D eigenvalue weighted by Crippen LogP contribution is 2.34. The Balaban J connectivity index is 2.49. The highest BCUT2D eigenvalue weighted by Gasteiger charge is 2.41. The van der Waals surface area contributed by atoms with Crippen LogP contribution in [0.5, 0.6) is 0 Å². The molecule has 1 aromatic rings. The number of rotatable bonds is 19. The van der Waals surface area contributed by atoms with Crippen LogP contribution in [-0.2, 0) is 20.6 Å². The van der Waals surface area contributed by atoms with Gasteiger partial charge in [-0.15, -0.1) is 0 Å². The number of unbranched alkanes of at least 4 members (excludes halogenated alkanes) is 8. The molecule has 1 rings (SSSR count). The van der Waals surface area contributed by atoms with Crippen molar-refractivity contribution in [3.05, 3.63) is 35.6 Å².